The third-order valence-corrected chi connectivity index (χ3v) is 4.02. The van der Waals surface area contributed by atoms with Crippen LogP contribution in [0.4, 0.5) is 15.9 Å². The smallest absolute Gasteiger partial charge is 0.339 e. The van der Waals surface area contributed by atoms with Crippen molar-refractivity contribution in [1.82, 2.24) is 4.98 Å². The number of anilines is 2. The number of halogens is 1. The van der Waals surface area contributed by atoms with Gasteiger partial charge in [0, 0.05) is 18.3 Å². The van der Waals surface area contributed by atoms with E-state index in [1.165, 1.54) is 19.4 Å². The fourth-order valence-electron chi connectivity index (χ4n) is 2.53. The summed E-state index contributed by atoms with van der Waals surface area (Å²) < 4.78 is 18.4. The molecule has 0 bridgehead atoms. The van der Waals surface area contributed by atoms with Gasteiger partial charge in [0.05, 0.1) is 23.9 Å². The number of hydrogen-bond donors (Lipinski definition) is 2. The Bertz CT molecular complexity index is 990. The van der Waals surface area contributed by atoms with Gasteiger partial charge in [0.15, 0.2) is 0 Å². The van der Waals surface area contributed by atoms with Crippen LogP contribution in [-0.2, 0) is 11.3 Å². The number of carbonyl (C=O) groups is 2. The number of nitrogens with one attached hydrogen (secondary N) is 2. The van der Waals surface area contributed by atoms with Crippen molar-refractivity contribution in [2.45, 2.75) is 6.54 Å². The number of aromatic nitrogens is 1. The molecule has 0 saturated carbocycles. The maximum atomic E-state index is 13.6. The van der Waals surface area contributed by atoms with E-state index in [4.69, 9.17) is 4.74 Å². The summed E-state index contributed by atoms with van der Waals surface area (Å²) in [5.41, 5.74) is 1.44. The number of hydrogen-bond acceptors (Lipinski definition) is 5. The second-order valence-corrected chi connectivity index (χ2v) is 5.87. The molecule has 0 aliphatic heterocycles. The Morgan fingerprint density at radius 1 is 1.04 bits per heavy atom. The molecule has 2 N–H and O–H groups in total. The molecule has 1 amide bonds. The van der Waals surface area contributed by atoms with Crippen molar-refractivity contribution in [2.75, 3.05) is 17.7 Å². The molecule has 3 rings (SSSR count). The molecular weight excluding hydrogens is 361 g/mol. The molecule has 142 valence electrons. The maximum absolute atomic E-state index is 13.6. The zero-order chi connectivity index (χ0) is 19.9. The minimum absolute atomic E-state index is 0.259. The van der Waals surface area contributed by atoms with Crippen molar-refractivity contribution >= 4 is 23.4 Å². The second-order valence-electron chi connectivity index (χ2n) is 5.87. The molecule has 2 aromatic carbocycles. The SMILES string of the molecule is COC(=O)c1ccccc1NC(=O)c1ccc(NCc2ccccc2F)nc1. The van der Waals surface area contributed by atoms with E-state index in [1.807, 2.05) is 0 Å². The molecule has 1 heterocycles. The minimum atomic E-state index is -0.540. The first kappa shape index (κ1) is 19.0. The normalized spacial score (nSPS) is 10.2. The molecule has 0 spiro atoms. The standard InChI is InChI=1S/C21H18FN3O3/c1-28-21(27)16-7-3-5-9-18(16)25-20(26)15-10-11-19(24-13-15)23-12-14-6-2-4-8-17(14)22/h2-11,13H,12H2,1H3,(H,23,24)(H,25,26). The zero-order valence-electron chi connectivity index (χ0n) is 15.1. The van der Waals surface area contributed by atoms with Gasteiger partial charge < -0.3 is 15.4 Å². The fourth-order valence-corrected chi connectivity index (χ4v) is 2.53. The molecule has 0 radical (unpaired) electrons. The summed E-state index contributed by atoms with van der Waals surface area (Å²) in [6, 6.07) is 16.2. The van der Waals surface area contributed by atoms with Crippen LogP contribution in [0.1, 0.15) is 26.3 Å². The number of benzene rings is 2. The van der Waals surface area contributed by atoms with Crippen LogP contribution in [0.25, 0.3) is 0 Å². The van der Waals surface area contributed by atoms with Gasteiger partial charge in [-0.15, -0.1) is 0 Å². The first-order chi connectivity index (χ1) is 13.6. The van der Waals surface area contributed by atoms with Crippen LogP contribution >= 0.6 is 0 Å². The fraction of sp³-hybridized carbons (Fsp3) is 0.0952. The molecule has 28 heavy (non-hydrogen) atoms. The largest absolute Gasteiger partial charge is 0.465 e. The highest BCUT2D eigenvalue weighted by Gasteiger charge is 2.14. The van der Waals surface area contributed by atoms with Crippen LogP contribution in [0.3, 0.4) is 0 Å². The van der Waals surface area contributed by atoms with Crippen LogP contribution in [0.15, 0.2) is 66.9 Å². The number of ether oxygens (including phenoxy) is 1. The molecule has 3 aromatic rings. The summed E-state index contributed by atoms with van der Waals surface area (Å²) in [5, 5.41) is 5.68. The quantitative estimate of drug-likeness (QED) is 0.636. The van der Waals surface area contributed by atoms with Crippen molar-refractivity contribution in [2.24, 2.45) is 0 Å². The molecule has 6 nitrogen and oxygen atoms in total. The molecule has 0 aliphatic rings. The number of nitrogens with zero attached hydrogens (tertiary/aromatic N) is 1. The minimum Gasteiger partial charge on any atom is -0.465 e. The summed E-state index contributed by atoms with van der Waals surface area (Å²) in [7, 11) is 1.28. The van der Waals surface area contributed by atoms with Gasteiger partial charge in [-0.05, 0) is 30.3 Å². The van der Waals surface area contributed by atoms with E-state index in [0.29, 0.717) is 22.6 Å². The van der Waals surface area contributed by atoms with Crippen LogP contribution < -0.4 is 10.6 Å². The molecule has 7 heteroatoms. The van der Waals surface area contributed by atoms with Crippen LogP contribution in [-0.4, -0.2) is 24.0 Å². The van der Waals surface area contributed by atoms with Crippen molar-refractivity contribution < 1.29 is 18.7 Å². The third kappa shape index (κ3) is 4.50. The summed E-state index contributed by atoms with van der Waals surface area (Å²) in [4.78, 5) is 28.4. The molecule has 0 aliphatic carbocycles. The lowest BCUT2D eigenvalue weighted by atomic mass is 10.1. The lowest BCUT2D eigenvalue weighted by Crippen LogP contribution is -2.15. The van der Waals surface area contributed by atoms with Crippen LogP contribution in [0.5, 0.6) is 0 Å². The summed E-state index contributed by atoms with van der Waals surface area (Å²) in [6.07, 6.45) is 1.40. The zero-order valence-corrected chi connectivity index (χ0v) is 15.1. The highest BCUT2D eigenvalue weighted by atomic mass is 19.1. The average molecular weight is 379 g/mol. The Balaban J connectivity index is 1.66. The number of pyridine rings is 1. The Labute approximate surface area is 161 Å². The Hall–Kier alpha value is -3.74. The Morgan fingerprint density at radius 3 is 2.50 bits per heavy atom. The first-order valence-electron chi connectivity index (χ1n) is 8.50. The van der Waals surface area contributed by atoms with Gasteiger partial charge in [0.1, 0.15) is 11.6 Å². The highest BCUT2D eigenvalue weighted by Crippen LogP contribution is 2.17. The average Bonchev–Trinajstić information content (AvgIpc) is 2.73. The first-order valence-corrected chi connectivity index (χ1v) is 8.50. The topological polar surface area (TPSA) is 80.3 Å². The molecule has 1 aromatic heterocycles. The maximum Gasteiger partial charge on any atom is 0.339 e. The van der Waals surface area contributed by atoms with Crippen LogP contribution in [0, 0.1) is 5.82 Å². The van der Waals surface area contributed by atoms with Gasteiger partial charge in [-0.25, -0.2) is 14.2 Å². The van der Waals surface area contributed by atoms with Gasteiger partial charge in [-0.1, -0.05) is 30.3 Å². The summed E-state index contributed by atoms with van der Waals surface area (Å²) >= 11 is 0. The number of esters is 1. The van der Waals surface area contributed by atoms with E-state index in [-0.39, 0.29) is 17.9 Å². The number of amides is 1. The Morgan fingerprint density at radius 2 is 1.79 bits per heavy atom. The summed E-state index contributed by atoms with van der Waals surface area (Å²) in [6.45, 7) is 0.276. The van der Waals surface area contributed by atoms with Crippen LogP contribution in [0.2, 0.25) is 0 Å². The van der Waals surface area contributed by atoms with Gasteiger partial charge in [-0.3, -0.25) is 4.79 Å². The monoisotopic (exact) mass is 379 g/mol. The van der Waals surface area contributed by atoms with E-state index in [0.717, 1.165) is 0 Å². The number of methoxy groups -OCH3 is 1. The lowest BCUT2D eigenvalue weighted by molar-refractivity contribution is 0.0602. The van der Waals surface area contributed by atoms with E-state index < -0.39 is 11.9 Å². The molecular formula is C21H18FN3O3. The van der Waals surface area contributed by atoms with Gasteiger partial charge in [-0.2, -0.15) is 0 Å². The van der Waals surface area contributed by atoms with Gasteiger partial charge in [0.25, 0.3) is 5.91 Å². The summed E-state index contributed by atoms with van der Waals surface area (Å²) in [5.74, 6) is -0.740. The second kappa shape index (κ2) is 8.77. The van der Waals surface area contributed by atoms with E-state index in [9.17, 15) is 14.0 Å². The number of rotatable bonds is 6. The van der Waals surface area contributed by atoms with E-state index in [1.54, 1.807) is 54.6 Å². The highest BCUT2D eigenvalue weighted by molar-refractivity contribution is 6.07. The number of carbonyl (C=O) groups excluding carboxylic acids is 2. The molecule has 0 fully saturated rings. The Kier molecular flexibility index (Phi) is 5.96. The van der Waals surface area contributed by atoms with Crippen molar-refractivity contribution in [3.63, 3.8) is 0 Å². The van der Waals surface area contributed by atoms with Gasteiger partial charge >= 0.3 is 5.97 Å². The van der Waals surface area contributed by atoms with Crippen molar-refractivity contribution in [3.05, 3.63) is 89.4 Å². The molecule has 0 atom stereocenters. The van der Waals surface area contributed by atoms with Gasteiger partial charge in [0.2, 0.25) is 0 Å². The van der Waals surface area contributed by atoms with Crippen molar-refractivity contribution in [1.29, 1.82) is 0 Å². The third-order valence-electron chi connectivity index (χ3n) is 4.02. The van der Waals surface area contributed by atoms with E-state index >= 15 is 0 Å². The molecule has 0 saturated heterocycles. The molecule has 0 unspecified atom stereocenters. The van der Waals surface area contributed by atoms with Crippen molar-refractivity contribution in [3.8, 4) is 0 Å². The predicted octanol–water partition coefficient (Wildman–Crippen LogP) is 3.87. The predicted molar refractivity (Wildman–Crippen MR) is 104 cm³/mol. The van der Waals surface area contributed by atoms with E-state index in [2.05, 4.69) is 15.6 Å². The lowest BCUT2D eigenvalue weighted by Gasteiger charge is -2.10. The number of para-hydroxylation sites is 1.